The van der Waals surface area contributed by atoms with Gasteiger partial charge >= 0.3 is 0 Å². The van der Waals surface area contributed by atoms with E-state index in [1.807, 2.05) is 20.8 Å². The smallest absolute Gasteiger partial charge is 0.251 e. The third-order valence-corrected chi connectivity index (χ3v) is 2.28. The first-order valence-corrected chi connectivity index (χ1v) is 5.77. The summed E-state index contributed by atoms with van der Waals surface area (Å²) >= 11 is 0. The zero-order valence-corrected chi connectivity index (χ0v) is 10.9. The van der Waals surface area contributed by atoms with Gasteiger partial charge in [-0.3, -0.25) is 4.90 Å². The molecule has 0 aliphatic rings. The minimum absolute atomic E-state index is 0.119. The third kappa shape index (κ3) is 4.66. The van der Waals surface area contributed by atoms with Gasteiger partial charge in [-0.15, -0.1) is 10.2 Å². The molecule has 0 fully saturated rings. The monoisotopic (exact) mass is 263 g/mol. The minimum atomic E-state index is -2.46. The molecule has 5 nitrogen and oxygen atoms in total. The highest BCUT2D eigenvalue weighted by atomic mass is 19.3. The molecule has 1 heterocycles. The van der Waals surface area contributed by atoms with Gasteiger partial charge < -0.3 is 9.52 Å². The lowest BCUT2D eigenvalue weighted by atomic mass is 9.97. The topological polar surface area (TPSA) is 62.4 Å². The molecule has 1 N–H and O–H groups in total. The number of nitrogens with zero attached hydrogens (tertiary/aromatic N) is 3. The second-order valence-corrected chi connectivity index (χ2v) is 5.10. The summed E-state index contributed by atoms with van der Waals surface area (Å²) in [6.07, 6.45) is -2.46. The van der Waals surface area contributed by atoms with Crippen molar-refractivity contribution in [3.63, 3.8) is 0 Å². The molecule has 1 aromatic heterocycles. The number of alkyl halides is 2. The Hall–Kier alpha value is -1.08. The quantitative estimate of drug-likeness (QED) is 0.841. The molecule has 7 heteroatoms. The fraction of sp³-hybridized carbons (Fsp3) is 0.818. The van der Waals surface area contributed by atoms with E-state index in [0.29, 0.717) is 5.89 Å². The van der Waals surface area contributed by atoms with Crippen molar-refractivity contribution in [2.24, 2.45) is 0 Å². The molecule has 0 saturated heterocycles. The van der Waals surface area contributed by atoms with Crippen molar-refractivity contribution in [3.8, 4) is 0 Å². The van der Waals surface area contributed by atoms with Crippen molar-refractivity contribution in [1.82, 2.24) is 15.1 Å². The van der Waals surface area contributed by atoms with Crippen molar-refractivity contribution < 1.29 is 18.3 Å². The van der Waals surface area contributed by atoms with Crippen LogP contribution in [0, 0.1) is 0 Å². The zero-order chi connectivity index (χ0) is 13.8. The summed E-state index contributed by atoms with van der Waals surface area (Å²) in [6.45, 7) is 5.44. The minimum Gasteiger partial charge on any atom is -0.423 e. The molecule has 0 aliphatic carbocycles. The van der Waals surface area contributed by atoms with E-state index in [1.54, 1.807) is 0 Å². The van der Waals surface area contributed by atoms with Crippen LogP contribution in [0.1, 0.15) is 32.6 Å². The summed E-state index contributed by atoms with van der Waals surface area (Å²) in [5.74, 6) is 0.757. The lowest BCUT2D eigenvalue weighted by Gasteiger charge is -2.18. The molecule has 0 aliphatic heterocycles. The van der Waals surface area contributed by atoms with Gasteiger partial charge in [0.15, 0.2) is 0 Å². The van der Waals surface area contributed by atoms with Gasteiger partial charge in [0.25, 0.3) is 6.43 Å². The average Bonchev–Trinajstić information content (AvgIpc) is 2.64. The van der Waals surface area contributed by atoms with E-state index < -0.39 is 13.0 Å². The Morgan fingerprint density at radius 3 is 2.44 bits per heavy atom. The number of aliphatic hydroxyl groups excluding tert-OH is 1. The lowest BCUT2D eigenvalue weighted by Crippen LogP contribution is -2.31. The lowest BCUT2D eigenvalue weighted by molar-refractivity contribution is 0.0699. The molecule has 1 rings (SSSR count). The Bertz CT molecular complexity index is 363. The molecule has 0 radical (unpaired) electrons. The van der Waals surface area contributed by atoms with Crippen molar-refractivity contribution in [2.75, 3.05) is 19.7 Å². The maximum Gasteiger partial charge on any atom is 0.251 e. The molecule has 1 aromatic rings. The summed E-state index contributed by atoms with van der Waals surface area (Å²) in [5.41, 5.74) is -0.268. The summed E-state index contributed by atoms with van der Waals surface area (Å²) in [5, 5.41) is 16.5. The van der Waals surface area contributed by atoms with E-state index >= 15 is 0 Å². The van der Waals surface area contributed by atoms with Crippen molar-refractivity contribution in [2.45, 2.75) is 39.2 Å². The van der Waals surface area contributed by atoms with Crippen LogP contribution in [-0.4, -0.2) is 46.3 Å². The van der Waals surface area contributed by atoms with Crippen LogP contribution in [0.15, 0.2) is 4.42 Å². The summed E-state index contributed by atoms with van der Waals surface area (Å²) in [6, 6.07) is 0. The van der Waals surface area contributed by atoms with Crippen LogP contribution in [0.5, 0.6) is 0 Å². The van der Waals surface area contributed by atoms with Gasteiger partial charge in [-0.1, -0.05) is 20.8 Å². The molecule has 0 unspecified atom stereocenters. The van der Waals surface area contributed by atoms with Gasteiger partial charge in [0.05, 0.1) is 19.7 Å². The first kappa shape index (κ1) is 15.0. The number of hydrogen-bond donors (Lipinski definition) is 1. The van der Waals surface area contributed by atoms with Crippen LogP contribution in [0.25, 0.3) is 0 Å². The van der Waals surface area contributed by atoms with E-state index in [4.69, 9.17) is 9.52 Å². The summed E-state index contributed by atoms with van der Waals surface area (Å²) in [4.78, 5) is 1.38. The molecule has 0 amide bonds. The van der Waals surface area contributed by atoms with Gasteiger partial charge in [0, 0.05) is 12.0 Å². The molecule has 0 aromatic carbocycles. The van der Waals surface area contributed by atoms with E-state index in [0.717, 1.165) is 0 Å². The summed E-state index contributed by atoms with van der Waals surface area (Å²) in [7, 11) is 0. The molecular formula is C11H19F2N3O2. The van der Waals surface area contributed by atoms with Gasteiger partial charge in [0.1, 0.15) is 0 Å². The summed E-state index contributed by atoms with van der Waals surface area (Å²) < 4.78 is 30.0. The van der Waals surface area contributed by atoms with Gasteiger partial charge in [-0.05, 0) is 0 Å². The normalized spacial score (nSPS) is 12.7. The van der Waals surface area contributed by atoms with E-state index in [9.17, 15) is 8.78 Å². The maximum atomic E-state index is 12.3. The van der Waals surface area contributed by atoms with Crippen LogP contribution >= 0.6 is 0 Å². The Balaban J connectivity index is 2.66. The zero-order valence-electron chi connectivity index (χ0n) is 10.9. The predicted molar refractivity (Wildman–Crippen MR) is 61.4 cm³/mol. The number of aromatic nitrogens is 2. The van der Waals surface area contributed by atoms with Crippen LogP contribution in [0.2, 0.25) is 0 Å². The number of hydrogen-bond acceptors (Lipinski definition) is 5. The fourth-order valence-electron chi connectivity index (χ4n) is 1.38. The molecule has 18 heavy (non-hydrogen) atoms. The average molecular weight is 263 g/mol. The second-order valence-electron chi connectivity index (χ2n) is 5.10. The third-order valence-electron chi connectivity index (χ3n) is 2.28. The van der Waals surface area contributed by atoms with Crippen molar-refractivity contribution in [1.29, 1.82) is 0 Å². The first-order chi connectivity index (χ1) is 8.32. The van der Waals surface area contributed by atoms with E-state index in [2.05, 4.69) is 10.2 Å². The van der Waals surface area contributed by atoms with Crippen molar-refractivity contribution >= 4 is 0 Å². The standard InChI is InChI=1S/C11H19F2N3O2/c1-11(2,3)10-15-14-9(18-10)7-16(4-5-17)6-8(12)13/h8,17H,4-7H2,1-3H3. The fourth-order valence-corrected chi connectivity index (χ4v) is 1.38. The molecule has 0 saturated carbocycles. The van der Waals surface area contributed by atoms with Gasteiger partial charge in [0.2, 0.25) is 11.8 Å². The van der Waals surface area contributed by atoms with E-state index in [-0.39, 0.29) is 31.0 Å². The van der Waals surface area contributed by atoms with Crippen LogP contribution in [-0.2, 0) is 12.0 Å². The Morgan fingerprint density at radius 1 is 1.33 bits per heavy atom. The largest absolute Gasteiger partial charge is 0.423 e. The molecular weight excluding hydrogens is 244 g/mol. The second kappa shape index (κ2) is 6.19. The van der Waals surface area contributed by atoms with Crippen LogP contribution < -0.4 is 0 Å². The Labute approximate surface area is 105 Å². The van der Waals surface area contributed by atoms with Crippen LogP contribution in [0.4, 0.5) is 8.78 Å². The first-order valence-electron chi connectivity index (χ1n) is 5.77. The number of halogens is 2. The van der Waals surface area contributed by atoms with E-state index in [1.165, 1.54) is 4.90 Å². The van der Waals surface area contributed by atoms with Crippen LogP contribution in [0.3, 0.4) is 0 Å². The highest BCUT2D eigenvalue weighted by molar-refractivity contribution is 4.96. The molecule has 104 valence electrons. The van der Waals surface area contributed by atoms with Gasteiger partial charge in [-0.25, -0.2) is 8.78 Å². The molecule has 0 atom stereocenters. The SMILES string of the molecule is CC(C)(C)c1nnc(CN(CCO)CC(F)F)o1. The maximum absolute atomic E-state index is 12.3. The van der Waals surface area contributed by atoms with Crippen molar-refractivity contribution in [3.05, 3.63) is 11.8 Å². The molecule has 0 bridgehead atoms. The Kier molecular flexibility index (Phi) is 5.15. The highest BCUT2D eigenvalue weighted by Gasteiger charge is 2.22. The Morgan fingerprint density at radius 2 is 2.00 bits per heavy atom. The number of aliphatic hydroxyl groups is 1. The predicted octanol–water partition coefficient (Wildman–Crippen LogP) is 1.43. The number of rotatable bonds is 6. The van der Waals surface area contributed by atoms with Gasteiger partial charge in [-0.2, -0.15) is 0 Å². The highest BCUT2D eigenvalue weighted by Crippen LogP contribution is 2.20. The molecule has 0 spiro atoms.